The van der Waals surface area contributed by atoms with E-state index in [1.807, 2.05) is 0 Å². The monoisotopic (exact) mass is 219 g/mol. The Labute approximate surface area is 90.7 Å². The highest BCUT2D eigenvalue weighted by atomic mass is 16.3. The van der Waals surface area contributed by atoms with Crippen molar-refractivity contribution in [2.75, 3.05) is 0 Å². The average Bonchev–Trinajstić information content (AvgIpc) is 2.51. The number of hydrogen-bond acceptors (Lipinski definition) is 5. The number of guanidine groups is 1. The number of aliphatic imine (C=N–C) groups is 1. The summed E-state index contributed by atoms with van der Waals surface area (Å²) in [6, 6.07) is 4.18. The Morgan fingerprint density at radius 2 is 2.06 bits per heavy atom. The van der Waals surface area contributed by atoms with Crippen LogP contribution < -0.4 is 11.1 Å². The predicted octanol–water partition coefficient (Wildman–Crippen LogP) is -0.117. The Kier molecular flexibility index (Phi) is 2.24. The third kappa shape index (κ3) is 1.81. The highest BCUT2D eigenvalue weighted by molar-refractivity contribution is 6.13. The molecule has 1 aromatic rings. The van der Waals surface area contributed by atoms with E-state index in [2.05, 4.69) is 10.3 Å². The summed E-state index contributed by atoms with van der Waals surface area (Å²) in [6.07, 6.45) is 1.45. The topological polar surface area (TPSA) is 108 Å². The summed E-state index contributed by atoms with van der Waals surface area (Å²) in [4.78, 5) is 15.0. The molecule has 0 saturated carbocycles. The van der Waals surface area contributed by atoms with Crippen molar-refractivity contribution >= 4 is 17.9 Å². The molecule has 1 amide bonds. The van der Waals surface area contributed by atoms with Crippen molar-refractivity contribution in [3.05, 3.63) is 29.5 Å². The SMILES string of the molecule is NC1=N/C(=C\c2ccc(O)c(O)c2)C(=O)N1. The van der Waals surface area contributed by atoms with Gasteiger partial charge in [0.25, 0.3) is 5.91 Å². The van der Waals surface area contributed by atoms with Crippen molar-refractivity contribution in [3.63, 3.8) is 0 Å². The predicted molar refractivity (Wildman–Crippen MR) is 57.5 cm³/mol. The molecule has 1 aromatic carbocycles. The molecule has 0 bridgehead atoms. The first-order valence-corrected chi connectivity index (χ1v) is 4.45. The number of nitrogens with zero attached hydrogens (tertiary/aromatic N) is 1. The van der Waals surface area contributed by atoms with Crippen LogP contribution >= 0.6 is 0 Å². The van der Waals surface area contributed by atoms with Gasteiger partial charge >= 0.3 is 0 Å². The fraction of sp³-hybridized carbons (Fsp3) is 0. The van der Waals surface area contributed by atoms with Gasteiger partial charge in [-0.15, -0.1) is 0 Å². The van der Waals surface area contributed by atoms with Crippen LogP contribution in [-0.2, 0) is 4.79 Å². The summed E-state index contributed by atoms with van der Waals surface area (Å²) >= 11 is 0. The summed E-state index contributed by atoms with van der Waals surface area (Å²) < 4.78 is 0. The van der Waals surface area contributed by atoms with Gasteiger partial charge < -0.3 is 15.9 Å². The fourth-order valence-electron chi connectivity index (χ4n) is 1.27. The van der Waals surface area contributed by atoms with Crippen molar-refractivity contribution in [2.24, 2.45) is 10.7 Å². The van der Waals surface area contributed by atoms with Gasteiger partial charge in [-0.3, -0.25) is 10.1 Å². The lowest BCUT2D eigenvalue weighted by molar-refractivity contribution is -0.115. The van der Waals surface area contributed by atoms with Crippen LogP contribution in [0.2, 0.25) is 0 Å². The molecule has 82 valence electrons. The smallest absolute Gasteiger partial charge is 0.276 e. The highest BCUT2D eigenvalue weighted by Crippen LogP contribution is 2.26. The zero-order chi connectivity index (χ0) is 11.7. The second kappa shape index (κ2) is 3.58. The molecule has 1 heterocycles. The van der Waals surface area contributed by atoms with Crippen LogP contribution in [-0.4, -0.2) is 22.1 Å². The Bertz CT molecular complexity index is 520. The lowest BCUT2D eigenvalue weighted by Gasteiger charge is -1.98. The number of amides is 1. The zero-order valence-electron chi connectivity index (χ0n) is 8.14. The number of carbonyl (C=O) groups excluding carboxylic acids is 1. The molecule has 5 N–H and O–H groups in total. The number of rotatable bonds is 1. The number of nitrogens with two attached hydrogens (primary N) is 1. The molecule has 0 atom stereocenters. The maximum absolute atomic E-state index is 11.3. The first-order valence-electron chi connectivity index (χ1n) is 4.45. The number of nitrogens with one attached hydrogen (secondary N) is 1. The van der Waals surface area contributed by atoms with Gasteiger partial charge in [0.2, 0.25) is 5.96 Å². The number of carbonyl (C=O) groups is 1. The summed E-state index contributed by atoms with van der Waals surface area (Å²) in [6.45, 7) is 0. The average molecular weight is 219 g/mol. The molecule has 0 aromatic heterocycles. The standard InChI is InChI=1S/C10H9N3O3/c11-10-12-6(9(16)13-10)3-5-1-2-7(14)8(15)4-5/h1-4,14-15H,(H3,11,12,13,16)/b6-3-. The van der Waals surface area contributed by atoms with Gasteiger partial charge in [-0.1, -0.05) is 6.07 Å². The third-order valence-electron chi connectivity index (χ3n) is 2.02. The van der Waals surface area contributed by atoms with Crippen LogP contribution in [0.1, 0.15) is 5.56 Å². The van der Waals surface area contributed by atoms with E-state index in [1.165, 1.54) is 18.2 Å². The van der Waals surface area contributed by atoms with Crippen molar-refractivity contribution in [2.45, 2.75) is 0 Å². The van der Waals surface area contributed by atoms with E-state index in [1.54, 1.807) is 6.07 Å². The van der Waals surface area contributed by atoms with Crippen LogP contribution in [0.4, 0.5) is 0 Å². The van der Waals surface area contributed by atoms with E-state index >= 15 is 0 Å². The first-order chi connectivity index (χ1) is 7.56. The maximum atomic E-state index is 11.3. The van der Waals surface area contributed by atoms with E-state index < -0.39 is 5.91 Å². The fourth-order valence-corrected chi connectivity index (χ4v) is 1.27. The van der Waals surface area contributed by atoms with Crippen LogP contribution in [0, 0.1) is 0 Å². The number of phenolic OH excluding ortho intramolecular Hbond substituents is 2. The van der Waals surface area contributed by atoms with E-state index in [0.29, 0.717) is 5.56 Å². The van der Waals surface area contributed by atoms with Crippen molar-refractivity contribution in [1.29, 1.82) is 0 Å². The van der Waals surface area contributed by atoms with Gasteiger partial charge in [-0.05, 0) is 23.8 Å². The number of aromatic hydroxyl groups is 2. The molecule has 0 spiro atoms. The summed E-state index contributed by atoms with van der Waals surface area (Å²) in [7, 11) is 0. The van der Waals surface area contributed by atoms with Crippen molar-refractivity contribution < 1.29 is 15.0 Å². The largest absolute Gasteiger partial charge is 0.504 e. The maximum Gasteiger partial charge on any atom is 0.276 e. The summed E-state index contributed by atoms with van der Waals surface area (Å²) in [5, 5.41) is 20.7. The lowest BCUT2D eigenvalue weighted by atomic mass is 10.1. The second-order valence-corrected chi connectivity index (χ2v) is 3.23. The Hall–Kier alpha value is -2.50. The minimum absolute atomic E-state index is 0.0410. The van der Waals surface area contributed by atoms with E-state index in [-0.39, 0.29) is 23.2 Å². The number of hydrogen-bond donors (Lipinski definition) is 4. The van der Waals surface area contributed by atoms with Crippen LogP contribution in [0.15, 0.2) is 28.9 Å². The van der Waals surface area contributed by atoms with E-state index in [9.17, 15) is 9.90 Å². The molecule has 0 unspecified atom stereocenters. The number of benzene rings is 1. The Balaban J connectivity index is 2.36. The van der Waals surface area contributed by atoms with E-state index in [4.69, 9.17) is 10.8 Å². The van der Waals surface area contributed by atoms with Crippen LogP contribution in [0.5, 0.6) is 11.5 Å². The van der Waals surface area contributed by atoms with E-state index in [0.717, 1.165) is 0 Å². The molecule has 0 saturated heterocycles. The van der Waals surface area contributed by atoms with Crippen molar-refractivity contribution in [1.82, 2.24) is 5.32 Å². The van der Waals surface area contributed by atoms with Gasteiger partial charge in [0.05, 0.1) is 0 Å². The number of phenols is 2. The third-order valence-corrected chi connectivity index (χ3v) is 2.02. The molecular weight excluding hydrogens is 210 g/mol. The van der Waals surface area contributed by atoms with Crippen LogP contribution in [0.25, 0.3) is 6.08 Å². The molecule has 6 heteroatoms. The first kappa shape index (κ1) is 10.0. The second-order valence-electron chi connectivity index (χ2n) is 3.23. The minimum Gasteiger partial charge on any atom is -0.504 e. The molecule has 6 nitrogen and oxygen atoms in total. The van der Waals surface area contributed by atoms with Crippen molar-refractivity contribution in [3.8, 4) is 11.5 Å². The van der Waals surface area contributed by atoms with Gasteiger partial charge in [-0.2, -0.15) is 0 Å². The molecular formula is C10H9N3O3. The molecule has 16 heavy (non-hydrogen) atoms. The van der Waals surface area contributed by atoms with Crippen LogP contribution in [0.3, 0.4) is 0 Å². The molecule has 1 aliphatic heterocycles. The quantitative estimate of drug-likeness (QED) is 0.390. The highest BCUT2D eigenvalue weighted by Gasteiger charge is 2.17. The molecule has 1 aliphatic rings. The summed E-state index contributed by atoms with van der Waals surface area (Å²) in [5.74, 6) is -0.838. The van der Waals surface area contributed by atoms with Gasteiger partial charge in [-0.25, -0.2) is 4.99 Å². The van der Waals surface area contributed by atoms with Gasteiger partial charge in [0.1, 0.15) is 5.70 Å². The minimum atomic E-state index is -0.398. The van der Waals surface area contributed by atoms with Gasteiger partial charge in [0.15, 0.2) is 11.5 Å². The molecule has 0 aliphatic carbocycles. The molecule has 0 fully saturated rings. The normalized spacial score (nSPS) is 17.4. The van der Waals surface area contributed by atoms with Gasteiger partial charge in [0, 0.05) is 0 Å². The molecule has 0 radical (unpaired) electrons. The zero-order valence-corrected chi connectivity index (χ0v) is 8.14. The lowest BCUT2D eigenvalue weighted by Crippen LogP contribution is -2.30. The summed E-state index contributed by atoms with van der Waals surface area (Å²) in [5.41, 5.74) is 6.01. The molecule has 2 rings (SSSR count). The Morgan fingerprint density at radius 3 is 2.62 bits per heavy atom. The Morgan fingerprint density at radius 1 is 1.31 bits per heavy atom.